The molecule has 0 spiro atoms. The Labute approximate surface area is 99.3 Å². The number of nitrogens with zero attached hydrogens (tertiary/aromatic N) is 2. The molecule has 2 N–H and O–H groups in total. The Morgan fingerprint density at radius 1 is 1.44 bits per heavy atom. The van der Waals surface area contributed by atoms with Gasteiger partial charge in [-0.15, -0.1) is 0 Å². The molecule has 0 amide bonds. The molecule has 0 aliphatic rings. The summed E-state index contributed by atoms with van der Waals surface area (Å²) in [5.74, 6) is -1.27. The molecule has 92 valence electrons. The normalized spacial score (nSPS) is 10.2. The van der Waals surface area contributed by atoms with E-state index in [1.165, 1.54) is 24.5 Å². The van der Waals surface area contributed by atoms with E-state index in [-0.39, 0.29) is 11.3 Å². The molecule has 0 radical (unpaired) electrons. The Morgan fingerprint density at radius 2 is 2.17 bits per heavy atom. The molecule has 0 unspecified atom stereocenters. The van der Waals surface area contributed by atoms with Gasteiger partial charge in [-0.05, 0) is 12.1 Å². The lowest BCUT2D eigenvalue weighted by molar-refractivity contribution is -0.384. The number of carboxylic acid groups (broad SMARTS) is 1. The molecule has 0 aliphatic carbocycles. The van der Waals surface area contributed by atoms with Gasteiger partial charge in [0.1, 0.15) is 5.69 Å². The number of H-pyrrole nitrogens is 1. The van der Waals surface area contributed by atoms with Gasteiger partial charge in [0.15, 0.2) is 0 Å². The molecule has 8 nitrogen and oxygen atoms in total. The summed E-state index contributed by atoms with van der Waals surface area (Å²) in [6.07, 6.45) is 2.66. The molecular formula is C10H7N3O5. The van der Waals surface area contributed by atoms with Crippen LogP contribution in [-0.2, 0) is 0 Å². The summed E-state index contributed by atoms with van der Waals surface area (Å²) in [5, 5.41) is 19.7. The number of carboxylic acids is 1. The van der Waals surface area contributed by atoms with Crippen molar-refractivity contribution in [2.75, 3.05) is 0 Å². The summed E-state index contributed by atoms with van der Waals surface area (Å²) in [7, 11) is 0. The highest BCUT2D eigenvalue weighted by atomic mass is 16.6. The van der Waals surface area contributed by atoms with Crippen LogP contribution < -0.4 is 5.69 Å². The third kappa shape index (κ3) is 1.86. The van der Waals surface area contributed by atoms with Crippen molar-refractivity contribution < 1.29 is 14.8 Å². The zero-order valence-electron chi connectivity index (χ0n) is 8.86. The second kappa shape index (κ2) is 4.17. The van der Waals surface area contributed by atoms with Crippen LogP contribution in [0.2, 0.25) is 0 Å². The zero-order chi connectivity index (χ0) is 13.3. The minimum atomic E-state index is -1.27. The van der Waals surface area contributed by atoms with Gasteiger partial charge in [-0.2, -0.15) is 0 Å². The predicted molar refractivity (Wildman–Crippen MR) is 60.0 cm³/mol. The summed E-state index contributed by atoms with van der Waals surface area (Å²) in [5.41, 5.74) is -1.19. The molecule has 8 heteroatoms. The molecular weight excluding hydrogens is 242 g/mol. The van der Waals surface area contributed by atoms with E-state index in [1.807, 2.05) is 0 Å². The fourth-order valence-corrected chi connectivity index (χ4v) is 1.52. The Kier molecular flexibility index (Phi) is 2.68. The van der Waals surface area contributed by atoms with E-state index in [0.29, 0.717) is 0 Å². The predicted octanol–water partition coefficient (Wildman–Crippen LogP) is 0.772. The third-order valence-corrected chi connectivity index (χ3v) is 2.33. The lowest BCUT2D eigenvalue weighted by Crippen LogP contribution is -2.15. The molecule has 0 bridgehead atoms. The van der Waals surface area contributed by atoms with Gasteiger partial charge in [0, 0.05) is 18.5 Å². The maximum absolute atomic E-state index is 11.4. The lowest BCUT2D eigenvalue weighted by Gasteiger charge is -2.03. The highest BCUT2D eigenvalue weighted by Gasteiger charge is 2.19. The van der Waals surface area contributed by atoms with Crippen LogP contribution >= 0.6 is 0 Å². The van der Waals surface area contributed by atoms with E-state index in [9.17, 15) is 19.7 Å². The van der Waals surface area contributed by atoms with E-state index in [0.717, 1.165) is 10.6 Å². The molecule has 18 heavy (non-hydrogen) atoms. The Balaban J connectivity index is 2.69. The van der Waals surface area contributed by atoms with Crippen LogP contribution in [-0.4, -0.2) is 25.6 Å². The standard InChI is InChI=1S/C10H7N3O5/c14-9(15)6-1-2-7(8(5-6)13(17)18)12-4-3-11-10(12)16/h1-5H,(H,11,16)(H,14,15). The van der Waals surface area contributed by atoms with Crippen molar-refractivity contribution in [3.63, 3.8) is 0 Å². The van der Waals surface area contributed by atoms with Gasteiger partial charge in [-0.3, -0.25) is 14.7 Å². The van der Waals surface area contributed by atoms with Gasteiger partial charge in [-0.25, -0.2) is 9.59 Å². The Morgan fingerprint density at radius 3 is 2.67 bits per heavy atom. The van der Waals surface area contributed by atoms with Gasteiger partial charge in [-0.1, -0.05) is 0 Å². The monoisotopic (exact) mass is 249 g/mol. The quantitative estimate of drug-likeness (QED) is 0.615. The van der Waals surface area contributed by atoms with Gasteiger partial charge < -0.3 is 10.1 Å². The molecule has 1 aromatic carbocycles. The number of nitro groups is 1. The summed E-state index contributed by atoms with van der Waals surface area (Å²) in [6, 6.07) is 3.33. The molecule has 2 rings (SSSR count). The first kappa shape index (κ1) is 11.6. The van der Waals surface area contributed by atoms with Crippen LogP contribution in [0.1, 0.15) is 10.4 Å². The number of hydrogen-bond acceptors (Lipinski definition) is 4. The van der Waals surface area contributed by atoms with Gasteiger partial charge in [0.25, 0.3) is 5.69 Å². The van der Waals surface area contributed by atoms with Gasteiger partial charge in [0.05, 0.1) is 10.5 Å². The van der Waals surface area contributed by atoms with Crippen molar-refractivity contribution in [2.45, 2.75) is 0 Å². The van der Waals surface area contributed by atoms with E-state index in [2.05, 4.69) is 4.98 Å². The first-order valence-corrected chi connectivity index (χ1v) is 4.79. The number of aromatic amines is 1. The first-order chi connectivity index (χ1) is 8.50. The number of rotatable bonds is 3. The summed E-state index contributed by atoms with van der Waals surface area (Å²) in [4.78, 5) is 34.6. The van der Waals surface area contributed by atoms with Crippen molar-refractivity contribution in [3.05, 3.63) is 56.8 Å². The van der Waals surface area contributed by atoms with Crippen molar-refractivity contribution in [3.8, 4) is 5.69 Å². The Bertz CT molecular complexity index is 685. The topological polar surface area (TPSA) is 118 Å². The third-order valence-electron chi connectivity index (χ3n) is 2.33. The number of aromatic carboxylic acids is 1. The van der Waals surface area contributed by atoms with Gasteiger partial charge >= 0.3 is 11.7 Å². The fourth-order valence-electron chi connectivity index (χ4n) is 1.52. The molecule has 2 aromatic rings. The average molecular weight is 249 g/mol. The molecule has 0 saturated carbocycles. The molecule has 0 fully saturated rings. The van der Waals surface area contributed by atoms with Crippen LogP contribution in [0.3, 0.4) is 0 Å². The highest BCUT2D eigenvalue weighted by molar-refractivity contribution is 5.89. The first-order valence-electron chi connectivity index (χ1n) is 4.79. The van der Waals surface area contributed by atoms with E-state index in [1.54, 1.807) is 0 Å². The number of nitro benzene ring substituents is 1. The average Bonchev–Trinajstić information content (AvgIpc) is 2.74. The highest BCUT2D eigenvalue weighted by Crippen LogP contribution is 2.23. The van der Waals surface area contributed by atoms with E-state index < -0.39 is 22.3 Å². The van der Waals surface area contributed by atoms with Crippen LogP contribution in [0, 0.1) is 10.1 Å². The number of benzene rings is 1. The largest absolute Gasteiger partial charge is 0.478 e. The van der Waals surface area contributed by atoms with Crippen molar-refractivity contribution >= 4 is 11.7 Å². The number of hydrogen-bond donors (Lipinski definition) is 2. The maximum Gasteiger partial charge on any atom is 0.335 e. The number of aromatic nitrogens is 2. The summed E-state index contributed by atoms with van der Waals surface area (Å²) < 4.78 is 1.03. The maximum atomic E-state index is 11.4. The SMILES string of the molecule is O=C(O)c1ccc(-n2cc[nH]c2=O)c([N+](=O)[O-])c1. The minimum absolute atomic E-state index is 0.0104. The van der Waals surface area contributed by atoms with Crippen molar-refractivity contribution in [1.82, 2.24) is 9.55 Å². The fraction of sp³-hybridized carbons (Fsp3) is 0. The number of nitrogens with one attached hydrogen (secondary N) is 1. The number of carbonyl (C=O) groups is 1. The molecule has 1 heterocycles. The second-order valence-electron chi connectivity index (χ2n) is 3.40. The summed E-state index contributed by atoms with van der Waals surface area (Å²) >= 11 is 0. The van der Waals surface area contributed by atoms with Crippen LogP contribution in [0.15, 0.2) is 35.4 Å². The van der Waals surface area contributed by atoms with Gasteiger partial charge in [0.2, 0.25) is 0 Å². The smallest absolute Gasteiger partial charge is 0.335 e. The Hall–Kier alpha value is -2.90. The molecule has 0 atom stereocenters. The van der Waals surface area contributed by atoms with Crippen LogP contribution in [0.4, 0.5) is 5.69 Å². The molecule has 1 aromatic heterocycles. The van der Waals surface area contributed by atoms with Crippen molar-refractivity contribution in [1.29, 1.82) is 0 Å². The van der Waals surface area contributed by atoms with Crippen molar-refractivity contribution in [2.24, 2.45) is 0 Å². The second-order valence-corrected chi connectivity index (χ2v) is 3.40. The van der Waals surface area contributed by atoms with E-state index >= 15 is 0 Å². The lowest BCUT2D eigenvalue weighted by atomic mass is 10.1. The molecule has 0 aliphatic heterocycles. The van der Waals surface area contributed by atoms with Crippen LogP contribution in [0.25, 0.3) is 5.69 Å². The van der Waals surface area contributed by atoms with E-state index in [4.69, 9.17) is 5.11 Å². The minimum Gasteiger partial charge on any atom is -0.478 e. The van der Waals surface area contributed by atoms with Crippen LogP contribution in [0.5, 0.6) is 0 Å². The zero-order valence-corrected chi connectivity index (χ0v) is 8.86. The summed E-state index contributed by atoms with van der Waals surface area (Å²) in [6.45, 7) is 0. The molecule has 0 saturated heterocycles. The number of imidazole rings is 1.